The molecule has 0 aromatic heterocycles. The van der Waals surface area contributed by atoms with Gasteiger partial charge in [0.15, 0.2) is 0 Å². The van der Waals surface area contributed by atoms with Crippen LogP contribution in [-0.2, 0) is 12.4 Å². The number of thioether (sulfide) groups is 1. The van der Waals surface area contributed by atoms with Crippen LogP contribution in [0.5, 0.6) is 5.75 Å². The summed E-state index contributed by atoms with van der Waals surface area (Å²) in [7, 11) is 0. The number of hydrogen-bond donors (Lipinski definition) is 1. The average molecular weight is 398 g/mol. The van der Waals surface area contributed by atoms with Crippen molar-refractivity contribution in [1.29, 1.82) is 0 Å². The van der Waals surface area contributed by atoms with Gasteiger partial charge in [0.1, 0.15) is 12.4 Å². The van der Waals surface area contributed by atoms with E-state index in [9.17, 15) is 4.79 Å². The topological polar surface area (TPSA) is 38.3 Å². The Morgan fingerprint density at radius 2 is 1.56 bits per heavy atom. The van der Waals surface area contributed by atoms with Crippen molar-refractivity contribution < 1.29 is 9.53 Å². The van der Waals surface area contributed by atoms with Crippen molar-refractivity contribution in [2.45, 2.75) is 12.4 Å². The van der Waals surface area contributed by atoms with Crippen LogP contribution in [0.3, 0.4) is 0 Å². The van der Waals surface area contributed by atoms with Crippen molar-refractivity contribution >= 4 is 35.0 Å². The van der Waals surface area contributed by atoms with E-state index in [1.54, 1.807) is 11.8 Å². The summed E-state index contributed by atoms with van der Waals surface area (Å²) in [6, 6.07) is 22.6. The fourth-order valence-electron chi connectivity index (χ4n) is 2.50. The Bertz CT molecular complexity index is 878. The first-order chi connectivity index (χ1) is 13.1. The minimum absolute atomic E-state index is 0.125. The third-order valence-electron chi connectivity index (χ3n) is 3.96. The quantitative estimate of drug-likeness (QED) is 0.528. The minimum atomic E-state index is -0.125. The molecular weight excluding hydrogens is 378 g/mol. The molecule has 0 fully saturated rings. The van der Waals surface area contributed by atoms with Crippen LogP contribution in [0.25, 0.3) is 0 Å². The van der Waals surface area contributed by atoms with Gasteiger partial charge < -0.3 is 10.1 Å². The van der Waals surface area contributed by atoms with E-state index in [-0.39, 0.29) is 5.91 Å². The molecule has 0 aliphatic carbocycles. The fourth-order valence-corrected chi connectivity index (χ4v) is 3.16. The molecule has 0 saturated heterocycles. The zero-order chi connectivity index (χ0) is 19.1. The van der Waals surface area contributed by atoms with Crippen LogP contribution >= 0.6 is 23.4 Å². The standard InChI is InChI=1S/C22H20ClNO2S/c1-27-15-17-2-6-18(7-3-17)22(25)24-20-10-12-21(13-11-20)26-14-16-4-8-19(23)9-5-16/h2-13H,14-15H2,1H3,(H,24,25). The molecule has 1 amide bonds. The van der Waals surface area contributed by atoms with E-state index in [4.69, 9.17) is 16.3 Å². The van der Waals surface area contributed by atoms with Crippen LogP contribution in [0.15, 0.2) is 72.8 Å². The molecule has 0 spiro atoms. The molecule has 3 nitrogen and oxygen atoms in total. The van der Waals surface area contributed by atoms with Crippen LogP contribution in [0.2, 0.25) is 5.02 Å². The summed E-state index contributed by atoms with van der Waals surface area (Å²) >= 11 is 7.64. The highest BCUT2D eigenvalue weighted by Crippen LogP contribution is 2.19. The lowest BCUT2D eigenvalue weighted by Gasteiger charge is -2.09. The van der Waals surface area contributed by atoms with Crippen molar-refractivity contribution in [2.75, 3.05) is 11.6 Å². The Kier molecular flexibility index (Phi) is 6.80. The number of amides is 1. The van der Waals surface area contributed by atoms with Gasteiger partial charge in [-0.3, -0.25) is 4.79 Å². The first-order valence-corrected chi connectivity index (χ1v) is 10.3. The third kappa shape index (κ3) is 5.78. The first kappa shape index (κ1) is 19.3. The number of anilines is 1. The molecule has 3 rings (SSSR count). The summed E-state index contributed by atoms with van der Waals surface area (Å²) in [5.41, 5.74) is 3.62. The number of ether oxygens (including phenoxy) is 1. The van der Waals surface area contributed by atoms with Gasteiger partial charge >= 0.3 is 0 Å². The number of halogens is 1. The second kappa shape index (κ2) is 9.49. The molecule has 0 heterocycles. The van der Waals surface area contributed by atoms with Crippen molar-refractivity contribution in [3.05, 3.63) is 94.5 Å². The number of nitrogens with one attached hydrogen (secondary N) is 1. The summed E-state index contributed by atoms with van der Waals surface area (Å²) in [6.45, 7) is 0.464. The summed E-state index contributed by atoms with van der Waals surface area (Å²) in [6.07, 6.45) is 2.06. The smallest absolute Gasteiger partial charge is 0.255 e. The van der Waals surface area contributed by atoms with E-state index >= 15 is 0 Å². The average Bonchev–Trinajstić information content (AvgIpc) is 2.69. The molecule has 3 aromatic carbocycles. The highest BCUT2D eigenvalue weighted by Gasteiger charge is 2.06. The Labute approximate surface area is 168 Å². The van der Waals surface area contributed by atoms with E-state index in [1.807, 2.05) is 72.8 Å². The lowest BCUT2D eigenvalue weighted by Crippen LogP contribution is -2.11. The molecule has 1 N–H and O–H groups in total. The minimum Gasteiger partial charge on any atom is -0.489 e. The Hall–Kier alpha value is -2.43. The van der Waals surface area contributed by atoms with E-state index in [2.05, 4.69) is 11.6 Å². The molecule has 27 heavy (non-hydrogen) atoms. The number of carbonyl (C=O) groups excluding carboxylic acids is 1. The normalized spacial score (nSPS) is 10.4. The van der Waals surface area contributed by atoms with Crippen LogP contribution < -0.4 is 10.1 Å². The summed E-state index contributed by atoms with van der Waals surface area (Å²) in [5, 5.41) is 3.61. The lowest BCUT2D eigenvalue weighted by atomic mass is 10.1. The van der Waals surface area contributed by atoms with E-state index in [0.29, 0.717) is 17.2 Å². The van der Waals surface area contributed by atoms with Crippen molar-refractivity contribution in [2.24, 2.45) is 0 Å². The maximum Gasteiger partial charge on any atom is 0.255 e. The zero-order valence-corrected chi connectivity index (χ0v) is 16.5. The van der Waals surface area contributed by atoms with E-state index in [1.165, 1.54) is 5.56 Å². The molecule has 0 aliphatic heterocycles. The van der Waals surface area contributed by atoms with Gasteiger partial charge in [-0.25, -0.2) is 0 Å². The molecule has 3 aromatic rings. The molecular formula is C22H20ClNO2S. The molecule has 0 bridgehead atoms. The monoisotopic (exact) mass is 397 g/mol. The summed E-state index contributed by atoms with van der Waals surface area (Å²) < 4.78 is 5.75. The maximum absolute atomic E-state index is 12.3. The van der Waals surface area contributed by atoms with Crippen molar-refractivity contribution in [1.82, 2.24) is 0 Å². The lowest BCUT2D eigenvalue weighted by molar-refractivity contribution is 0.102. The van der Waals surface area contributed by atoms with Crippen LogP contribution in [-0.4, -0.2) is 12.2 Å². The second-order valence-electron chi connectivity index (χ2n) is 6.02. The SMILES string of the molecule is CSCc1ccc(C(=O)Nc2ccc(OCc3ccc(Cl)cc3)cc2)cc1. The van der Waals surface area contributed by atoms with Gasteiger partial charge in [0.25, 0.3) is 5.91 Å². The molecule has 5 heteroatoms. The van der Waals surface area contributed by atoms with Gasteiger partial charge in [-0.2, -0.15) is 11.8 Å². The fraction of sp³-hybridized carbons (Fsp3) is 0.136. The van der Waals surface area contributed by atoms with E-state index < -0.39 is 0 Å². The second-order valence-corrected chi connectivity index (χ2v) is 7.33. The van der Waals surface area contributed by atoms with Gasteiger partial charge in [-0.15, -0.1) is 0 Å². The third-order valence-corrected chi connectivity index (χ3v) is 4.83. The number of rotatable bonds is 7. The van der Waals surface area contributed by atoms with Crippen LogP contribution in [0.1, 0.15) is 21.5 Å². The van der Waals surface area contributed by atoms with Gasteiger partial charge in [0, 0.05) is 22.0 Å². The number of hydrogen-bond acceptors (Lipinski definition) is 3. The Morgan fingerprint density at radius 1 is 0.926 bits per heavy atom. The molecule has 138 valence electrons. The predicted octanol–water partition coefficient (Wildman–Crippen LogP) is 6.03. The van der Waals surface area contributed by atoms with Crippen molar-refractivity contribution in [3.63, 3.8) is 0 Å². The van der Waals surface area contributed by atoms with E-state index in [0.717, 1.165) is 22.8 Å². The molecule has 0 radical (unpaired) electrons. The highest BCUT2D eigenvalue weighted by molar-refractivity contribution is 7.97. The Morgan fingerprint density at radius 3 is 2.19 bits per heavy atom. The van der Waals surface area contributed by atoms with Gasteiger partial charge in [-0.1, -0.05) is 35.9 Å². The van der Waals surface area contributed by atoms with Crippen molar-refractivity contribution in [3.8, 4) is 5.75 Å². The Balaban J connectivity index is 1.55. The van der Waals surface area contributed by atoms with Crippen LogP contribution in [0, 0.1) is 0 Å². The van der Waals surface area contributed by atoms with Gasteiger partial charge in [0.2, 0.25) is 0 Å². The molecule has 0 aliphatic rings. The number of benzene rings is 3. The summed E-state index contributed by atoms with van der Waals surface area (Å²) in [5.74, 6) is 1.56. The predicted molar refractivity (Wildman–Crippen MR) is 114 cm³/mol. The molecule has 0 atom stereocenters. The first-order valence-electron chi connectivity index (χ1n) is 8.50. The maximum atomic E-state index is 12.3. The largest absolute Gasteiger partial charge is 0.489 e. The molecule has 0 unspecified atom stereocenters. The number of carbonyl (C=O) groups is 1. The summed E-state index contributed by atoms with van der Waals surface area (Å²) in [4.78, 5) is 12.3. The van der Waals surface area contributed by atoms with Gasteiger partial charge in [-0.05, 0) is 65.9 Å². The molecule has 0 saturated carbocycles. The van der Waals surface area contributed by atoms with Gasteiger partial charge in [0.05, 0.1) is 0 Å². The highest BCUT2D eigenvalue weighted by atomic mass is 35.5. The zero-order valence-electron chi connectivity index (χ0n) is 14.9. The van der Waals surface area contributed by atoms with Crippen LogP contribution in [0.4, 0.5) is 5.69 Å².